The number of hydrogen-bond donors (Lipinski definition) is 1. The van der Waals surface area contributed by atoms with Crippen molar-refractivity contribution >= 4 is 0 Å². The SMILES string of the molecule is CC(C)CCC(F)C1CCC(/C=C/C2CCC(C3CCNC3)CC2)CC1.FC1=C2CC2CC=C1. The molecular weight excluding hydrogens is 424 g/mol. The van der Waals surface area contributed by atoms with Crippen LogP contribution >= 0.6 is 0 Å². The molecule has 3 heteroatoms. The molecule has 5 aliphatic rings. The molecule has 1 saturated heterocycles. The number of halogens is 2. The monoisotopic (exact) mass is 473 g/mol. The average Bonchev–Trinajstić information content (AvgIpc) is 3.46. The fraction of sp³-hybridized carbons (Fsp3) is 0.806. The Morgan fingerprint density at radius 1 is 0.912 bits per heavy atom. The molecule has 1 heterocycles. The van der Waals surface area contributed by atoms with E-state index in [1.165, 1.54) is 58.0 Å². The molecule has 1 N–H and O–H groups in total. The molecule has 3 atom stereocenters. The summed E-state index contributed by atoms with van der Waals surface area (Å²) >= 11 is 0. The Morgan fingerprint density at radius 2 is 1.59 bits per heavy atom. The van der Waals surface area contributed by atoms with E-state index in [4.69, 9.17) is 0 Å². The number of hydrogen-bond acceptors (Lipinski definition) is 1. The van der Waals surface area contributed by atoms with Crippen molar-refractivity contribution < 1.29 is 8.78 Å². The molecule has 0 aromatic heterocycles. The van der Waals surface area contributed by atoms with Crippen molar-refractivity contribution in [2.24, 2.45) is 41.4 Å². The van der Waals surface area contributed by atoms with Crippen molar-refractivity contribution in [3.8, 4) is 0 Å². The van der Waals surface area contributed by atoms with Gasteiger partial charge in [0.1, 0.15) is 12.0 Å². The standard InChI is InChI=1S/C24H42FN.C7H7F/c1-18(2)3-14-24(25)22-12-8-20(9-13-22)5-4-19-6-10-21(11-7-19)23-15-16-26-17-23;8-7-3-1-2-5-4-6(5)7/h4-5,18-24,26H,3,6-17H2,1-2H3;1,3,5H,2,4H2/b5-4+;. The van der Waals surface area contributed by atoms with Crippen molar-refractivity contribution in [2.45, 2.75) is 103 Å². The highest BCUT2D eigenvalue weighted by molar-refractivity contribution is 5.36. The normalized spacial score (nSPS) is 36.4. The van der Waals surface area contributed by atoms with Crippen molar-refractivity contribution in [1.29, 1.82) is 0 Å². The number of fused-ring (bicyclic) bond motifs is 1. The molecule has 192 valence electrons. The summed E-state index contributed by atoms with van der Waals surface area (Å²) in [4.78, 5) is 0. The van der Waals surface area contributed by atoms with Crippen LogP contribution in [-0.4, -0.2) is 19.3 Å². The summed E-state index contributed by atoms with van der Waals surface area (Å²) in [6.45, 7) is 6.91. The molecule has 5 rings (SSSR count). The van der Waals surface area contributed by atoms with Crippen molar-refractivity contribution in [3.63, 3.8) is 0 Å². The minimum atomic E-state index is -0.553. The van der Waals surface area contributed by atoms with Gasteiger partial charge in [0.05, 0.1) is 0 Å². The lowest BCUT2D eigenvalue weighted by atomic mass is 9.74. The van der Waals surface area contributed by atoms with Crippen LogP contribution in [0.2, 0.25) is 0 Å². The second kappa shape index (κ2) is 12.8. The van der Waals surface area contributed by atoms with Gasteiger partial charge in [-0.15, -0.1) is 0 Å². The molecule has 0 radical (unpaired) electrons. The number of rotatable bonds is 7. The first-order valence-corrected chi connectivity index (χ1v) is 14.6. The van der Waals surface area contributed by atoms with E-state index in [1.54, 1.807) is 6.08 Å². The summed E-state index contributed by atoms with van der Waals surface area (Å²) in [5.41, 5.74) is 1.05. The molecule has 3 unspecified atom stereocenters. The maximum atomic E-state index is 14.4. The molecule has 1 nitrogen and oxygen atoms in total. The van der Waals surface area contributed by atoms with E-state index in [-0.39, 0.29) is 5.83 Å². The zero-order valence-electron chi connectivity index (χ0n) is 21.8. The van der Waals surface area contributed by atoms with Gasteiger partial charge in [-0.2, -0.15) is 0 Å². The summed E-state index contributed by atoms with van der Waals surface area (Å²) in [5, 5.41) is 3.53. The van der Waals surface area contributed by atoms with Crippen molar-refractivity contribution in [3.05, 3.63) is 35.7 Å². The zero-order chi connectivity index (χ0) is 23.9. The fourth-order valence-corrected chi connectivity index (χ4v) is 6.80. The smallest absolute Gasteiger partial charge is 0.122 e. The summed E-state index contributed by atoms with van der Waals surface area (Å²) in [5.74, 6) is 5.08. The second-order valence-corrected chi connectivity index (χ2v) is 12.4. The van der Waals surface area contributed by atoms with Crippen LogP contribution in [0.5, 0.6) is 0 Å². The summed E-state index contributed by atoms with van der Waals surface area (Å²) in [6.07, 6.45) is 23.6. The topological polar surface area (TPSA) is 12.0 Å². The van der Waals surface area contributed by atoms with Crippen LogP contribution < -0.4 is 5.32 Å². The Kier molecular flexibility index (Phi) is 9.86. The van der Waals surface area contributed by atoms with Gasteiger partial charge in [-0.1, -0.05) is 32.1 Å². The Bertz CT molecular complexity index is 701. The van der Waals surface area contributed by atoms with E-state index < -0.39 is 6.17 Å². The minimum absolute atomic E-state index is 0.0289. The molecular formula is C31H49F2N. The van der Waals surface area contributed by atoms with E-state index >= 15 is 0 Å². The van der Waals surface area contributed by atoms with E-state index in [2.05, 4.69) is 31.3 Å². The first kappa shape index (κ1) is 26.1. The van der Waals surface area contributed by atoms with E-state index in [0.29, 0.717) is 17.8 Å². The number of nitrogens with one attached hydrogen (secondary N) is 1. The first-order valence-electron chi connectivity index (χ1n) is 14.6. The van der Waals surface area contributed by atoms with E-state index in [1.807, 2.05) is 6.08 Å². The van der Waals surface area contributed by atoms with E-state index in [9.17, 15) is 8.78 Å². The van der Waals surface area contributed by atoms with Crippen LogP contribution in [0.25, 0.3) is 0 Å². The third kappa shape index (κ3) is 7.77. The quantitative estimate of drug-likeness (QED) is 0.364. The van der Waals surface area contributed by atoms with Gasteiger partial charge in [-0.25, -0.2) is 8.78 Å². The molecule has 4 fully saturated rings. The lowest BCUT2D eigenvalue weighted by Gasteiger charge is -2.32. The van der Waals surface area contributed by atoms with Crippen molar-refractivity contribution in [2.75, 3.05) is 13.1 Å². The number of alkyl halides is 1. The first-order chi connectivity index (χ1) is 16.5. The Hall–Kier alpha value is -0.960. The summed E-state index contributed by atoms with van der Waals surface area (Å²) in [6, 6.07) is 0. The van der Waals surface area contributed by atoms with Gasteiger partial charge in [0.15, 0.2) is 0 Å². The van der Waals surface area contributed by atoms with Crippen LogP contribution in [-0.2, 0) is 0 Å². The second-order valence-electron chi connectivity index (χ2n) is 12.4. The lowest BCUT2D eigenvalue weighted by Crippen LogP contribution is -2.23. The molecule has 4 aliphatic carbocycles. The molecule has 1 aliphatic heterocycles. The van der Waals surface area contributed by atoms with E-state index in [0.717, 1.165) is 67.8 Å². The Labute approximate surface area is 207 Å². The van der Waals surface area contributed by atoms with Gasteiger partial charge < -0.3 is 5.32 Å². The molecule has 34 heavy (non-hydrogen) atoms. The third-order valence-electron chi connectivity index (χ3n) is 9.38. The highest BCUT2D eigenvalue weighted by Gasteiger charge is 2.33. The van der Waals surface area contributed by atoms with Gasteiger partial charge in [0.25, 0.3) is 0 Å². The Balaban J connectivity index is 0.000000285. The van der Waals surface area contributed by atoms with Crippen LogP contribution in [0.3, 0.4) is 0 Å². The molecule has 0 aromatic carbocycles. The van der Waals surface area contributed by atoms with Gasteiger partial charge in [0.2, 0.25) is 0 Å². The molecule has 0 aromatic rings. The molecule has 0 spiro atoms. The van der Waals surface area contributed by atoms with Crippen LogP contribution in [0, 0.1) is 41.4 Å². The summed E-state index contributed by atoms with van der Waals surface area (Å²) in [7, 11) is 0. The minimum Gasteiger partial charge on any atom is -0.316 e. The molecule has 3 saturated carbocycles. The van der Waals surface area contributed by atoms with Gasteiger partial charge in [0, 0.05) is 0 Å². The molecule has 0 bridgehead atoms. The maximum Gasteiger partial charge on any atom is 0.122 e. The number of allylic oxidation sites excluding steroid dienone is 6. The highest BCUT2D eigenvalue weighted by atomic mass is 19.1. The fourth-order valence-electron chi connectivity index (χ4n) is 6.80. The average molecular weight is 474 g/mol. The largest absolute Gasteiger partial charge is 0.316 e. The predicted molar refractivity (Wildman–Crippen MR) is 140 cm³/mol. The van der Waals surface area contributed by atoms with Crippen LogP contribution in [0.4, 0.5) is 8.78 Å². The van der Waals surface area contributed by atoms with Crippen molar-refractivity contribution in [1.82, 2.24) is 5.32 Å². The predicted octanol–water partition coefficient (Wildman–Crippen LogP) is 8.73. The lowest BCUT2D eigenvalue weighted by molar-refractivity contribution is 0.151. The zero-order valence-corrected chi connectivity index (χ0v) is 21.8. The third-order valence-corrected chi connectivity index (χ3v) is 9.38. The van der Waals surface area contributed by atoms with Crippen LogP contribution in [0.1, 0.15) is 97.3 Å². The van der Waals surface area contributed by atoms with Gasteiger partial charge in [-0.3, -0.25) is 0 Å². The van der Waals surface area contributed by atoms with Gasteiger partial charge >= 0.3 is 0 Å². The van der Waals surface area contributed by atoms with Crippen LogP contribution in [0.15, 0.2) is 35.7 Å². The summed E-state index contributed by atoms with van der Waals surface area (Å²) < 4.78 is 26.8. The highest BCUT2D eigenvalue weighted by Crippen LogP contribution is 2.46. The molecule has 0 amide bonds. The maximum absolute atomic E-state index is 14.4. The van der Waals surface area contributed by atoms with Gasteiger partial charge in [-0.05, 0) is 150 Å². The Morgan fingerprint density at radius 3 is 2.15 bits per heavy atom.